The summed E-state index contributed by atoms with van der Waals surface area (Å²) in [7, 11) is 1.57. The number of benzene rings is 2. The number of amides is 1. The summed E-state index contributed by atoms with van der Waals surface area (Å²) >= 11 is 0. The van der Waals surface area contributed by atoms with Gasteiger partial charge in [0, 0.05) is 11.1 Å². The molecule has 1 atom stereocenters. The van der Waals surface area contributed by atoms with Crippen molar-refractivity contribution < 1.29 is 22.7 Å². The molecule has 3 aromatic rings. The zero-order valence-corrected chi connectivity index (χ0v) is 17.3. The lowest BCUT2D eigenvalue weighted by Crippen LogP contribution is -2.24. The Morgan fingerprint density at radius 2 is 1.90 bits per heavy atom. The maximum atomic E-state index is 13.2. The van der Waals surface area contributed by atoms with Gasteiger partial charge in [-0.15, -0.1) is 0 Å². The normalized spacial score (nSPS) is 15.8. The standard InChI is InChI=1S/C23H22F3N3O2/c1-13(2)19-18-20(14-8-6-9-16(11-14)23(24,25)26)27-22(30)21(18)29(28-19)12-15-7-4-5-10-17(15)31-3/h4-11,13,20H,12H2,1-3H3,(H,27,30). The molecule has 5 nitrogen and oxygen atoms in total. The summed E-state index contributed by atoms with van der Waals surface area (Å²) in [4.78, 5) is 12.9. The molecule has 0 bridgehead atoms. The Balaban J connectivity index is 1.81. The number of rotatable bonds is 5. The molecule has 1 aliphatic heterocycles. The lowest BCUT2D eigenvalue weighted by Gasteiger charge is -2.16. The van der Waals surface area contributed by atoms with E-state index >= 15 is 0 Å². The van der Waals surface area contributed by atoms with Gasteiger partial charge in [0.25, 0.3) is 5.91 Å². The third-order valence-electron chi connectivity index (χ3n) is 5.40. The molecule has 0 saturated heterocycles. The van der Waals surface area contributed by atoms with Crippen LogP contribution >= 0.6 is 0 Å². The lowest BCUT2D eigenvalue weighted by atomic mass is 9.94. The molecular weight excluding hydrogens is 407 g/mol. The minimum Gasteiger partial charge on any atom is -0.496 e. The topological polar surface area (TPSA) is 56.2 Å². The highest BCUT2D eigenvalue weighted by Gasteiger charge is 2.39. The maximum Gasteiger partial charge on any atom is 0.416 e. The minimum atomic E-state index is -4.46. The number of aromatic nitrogens is 2. The highest BCUT2D eigenvalue weighted by Crippen LogP contribution is 2.39. The van der Waals surface area contributed by atoms with E-state index in [0.29, 0.717) is 34.8 Å². The summed E-state index contributed by atoms with van der Waals surface area (Å²) in [6.07, 6.45) is -4.46. The maximum absolute atomic E-state index is 13.2. The van der Waals surface area contributed by atoms with E-state index < -0.39 is 17.8 Å². The first-order chi connectivity index (χ1) is 14.7. The second-order valence-corrected chi connectivity index (χ2v) is 7.80. The van der Waals surface area contributed by atoms with Gasteiger partial charge in [-0.25, -0.2) is 0 Å². The van der Waals surface area contributed by atoms with E-state index in [9.17, 15) is 18.0 Å². The summed E-state index contributed by atoms with van der Waals surface area (Å²) in [6, 6.07) is 11.8. The first-order valence-electron chi connectivity index (χ1n) is 9.91. The fourth-order valence-corrected chi connectivity index (χ4v) is 3.97. The molecule has 1 unspecified atom stereocenters. The van der Waals surface area contributed by atoms with Crippen LogP contribution in [0.3, 0.4) is 0 Å². The smallest absolute Gasteiger partial charge is 0.416 e. The third-order valence-corrected chi connectivity index (χ3v) is 5.40. The molecule has 0 fully saturated rings. The summed E-state index contributed by atoms with van der Waals surface area (Å²) in [5.41, 5.74) is 2.17. The SMILES string of the molecule is COc1ccccc1Cn1nc(C(C)C)c2c1C(=O)NC2c1cccc(C(F)(F)F)c1. The van der Waals surface area contributed by atoms with E-state index in [1.807, 2.05) is 38.1 Å². The molecule has 0 aliphatic carbocycles. The Morgan fingerprint density at radius 3 is 2.58 bits per heavy atom. The molecule has 2 heterocycles. The number of para-hydroxylation sites is 1. The molecule has 0 saturated carbocycles. The van der Waals surface area contributed by atoms with Gasteiger partial charge in [0.15, 0.2) is 0 Å². The molecule has 1 aromatic heterocycles. The number of alkyl halides is 3. The van der Waals surface area contributed by atoms with E-state index in [4.69, 9.17) is 4.74 Å². The summed E-state index contributed by atoms with van der Waals surface area (Å²) in [5, 5.41) is 7.52. The first kappa shape index (κ1) is 21.0. The third kappa shape index (κ3) is 3.78. The molecule has 2 aromatic carbocycles. The lowest BCUT2D eigenvalue weighted by molar-refractivity contribution is -0.137. The number of hydrogen-bond acceptors (Lipinski definition) is 3. The predicted molar refractivity (Wildman–Crippen MR) is 109 cm³/mol. The van der Waals surface area contributed by atoms with Crippen LogP contribution in [-0.2, 0) is 12.7 Å². The van der Waals surface area contributed by atoms with Gasteiger partial charge in [-0.3, -0.25) is 9.48 Å². The van der Waals surface area contributed by atoms with Gasteiger partial charge >= 0.3 is 6.18 Å². The molecule has 8 heteroatoms. The molecule has 31 heavy (non-hydrogen) atoms. The number of methoxy groups -OCH3 is 1. The van der Waals surface area contributed by atoms with Crippen molar-refractivity contribution in [2.75, 3.05) is 7.11 Å². The Morgan fingerprint density at radius 1 is 1.16 bits per heavy atom. The quantitative estimate of drug-likeness (QED) is 0.627. The zero-order chi connectivity index (χ0) is 22.3. The van der Waals surface area contributed by atoms with Crippen molar-refractivity contribution in [3.63, 3.8) is 0 Å². The van der Waals surface area contributed by atoms with E-state index in [0.717, 1.165) is 17.7 Å². The number of hydrogen-bond donors (Lipinski definition) is 1. The Labute approximate surface area is 177 Å². The van der Waals surface area contributed by atoms with Crippen molar-refractivity contribution >= 4 is 5.91 Å². The molecule has 1 aliphatic rings. The van der Waals surface area contributed by atoms with Gasteiger partial charge < -0.3 is 10.1 Å². The van der Waals surface area contributed by atoms with Crippen molar-refractivity contribution in [1.82, 2.24) is 15.1 Å². The van der Waals surface area contributed by atoms with Crippen LogP contribution in [0.15, 0.2) is 48.5 Å². The largest absolute Gasteiger partial charge is 0.496 e. The van der Waals surface area contributed by atoms with Crippen LogP contribution in [0.5, 0.6) is 5.75 Å². The van der Waals surface area contributed by atoms with Crippen LogP contribution in [0.25, 0.3) is 0 Å². The second kappa shape index (κ2) is 7.76. The minimum absolute atomic E-state index is 0.0198. The van der Waals surface area contributed by atoms with Crippen LogP contribution < -0.4 is 10.1 Å². The number of nitrogens with zero attached hydrogens (tertiary/aromatic N) is 2. The van der Waals surface area contributed by atoms with E-state index in [2.05, 4.69) is 10.4 Å². The van der Waals surface area contributed by atoms with Crippen LogP contribution in [0, 0.1) is 0 Å². The highest BCUT2D eigenvalue weighted by molar-refractivity contribution is 5.98. The second-order valence-electron chi connectivity index (χ2n) is 7.80. The number of carbonyl (C=O) groups is 1. The highest BCUT2D eigenvalue weighted by atomic mass is 19.4. The molecule has 1 N–H and O–H groups in total. The van der Waals surface area contributed by atoms with E-state index in [1.165, 1.54) is 6.07 Å². The molecule has 162 valence electrons. The van der Waals surface area contributed by atoms with Gasteiger partial charge in [-0.2, -0.15) is 18.3 Å². The zero-order valence-electron chi connectivity index (χ0n) is 17.3. The van der Waals surface area contributed by atoms with Crippen LogP contribution in [-0.4, -0.2) is 22.8 Å². The molecule has 4 rings (SSSR count). The van der Waals surface area contributed by atoms with Crippen LogP contribution in [0.1, 0.15) is 64.2 Å². The monoisotopic (exact) mass is 429 g/mol. The predicted octanol–water partition coefficient (Wildman–Crippen LogP) is 4.92. The van der Waals surface area contributed by atoms with Gasteiger partial charge in [0.2, 0.25) is 0 Å². The van der Waals surface area contributed by atoms with Gasteiger partial charge in [0.05, 0.1) is 31.0 Å². The number of carbonyl (C=O) groups excluding carboxylic acids is 1. The number of fused-ring (bicyclic) bond motifs is 1. The molecule has 0 spiro atoms. The van der Waals surface area contributed by atoms with Crippen molar-refractivity contribution in [2.45, 2.75) is 38.5 Å². The fourth-order valence-electron chi connectivity index (χ4n) is 3.97. The fraction of sp³-hybridized carbons (Fsp3) is 0.304. The van der Waals surface area contributed by atoms with Crippen molar-refractivity contribution in [3.05, 3.63) is 82.2 Å². The first-order valence-corrected chi connectivity index (χ1v) is 9.91. The summed E-state index contributed by atoms with van der Waals surface area (Å²) in [5.74, 6) is 0.297. The number of ether oxygens (including phenoxy) is 1. The number of halogens is 3. The Hall–Kier alpha value is -3.29. The summed E-state index contributed by atoms with van der Waals surface area (Å²) < 4.78 is 46.7. The molecular formula is C23H22F3N3O2. The van der Waals surface area contributed by atoms with Crippen molar-refractivity contribution in [3.8, 4) is 5.75 Å². The average molecular weight is 429 g/mol. The van der Waals surface area contributed by atoms with Gasteiger partial charge in [-0.1, -0.05) is 44.2 Å². The van der Waals surface area contributed by atoms with Crippen LogP contribution in [0.4, 0.5) is 13.2 Å². The van der Waals surface area contributed by atoms with E-state index in [-0.39, 0.29) is 11.8 Å². The Bertz CT molecular complexity index is 1140. The van der Waals surface area contributed by atoms with Gasteiger partial charge in [-0.05, 0) is 29.7 Å². The van der Waals surface area contributed by atoms with Gasteiger partial charge in [0.1, 0.15) is 11.4 Å². The number of nitrogens with one attached hydrogen (secondary N) is 1. The average Bonchev–Trinajstić information content (AvgIpc) is 3.27. The Kier molecular flexibility index (Phi) is 5.24. The molecule has 0 radical (unpaired) electrons. The summed E-state index contributed by atoms with van der Waals surface area (Å²) in [6.45, 7) is 4.20. The van der Waals surface area contributed by atoms with Crippen LogP contribution in [0.2, 0.25) is 0 Å². The van der Waals surface area contributed by atoms with Crippen molar-refractivity contribution in [1.29, 1.82) is 0 Å². The molecule has 1 amide bonds. The van der Waals surface area contributed by atoms with Crippen molar-refractivity contribution in [2.24, 2.45) is 0 Å². The van der Waals surface area contributed by atoms with E-state index in [1.54, 1.807) is 17.9 Å².